The van der Waals surface area contributed by atoms with Gasteiger partial charge in [-0.05, 0) is 30.2 Å². The molecule has 3 aromatic rings. The van der Waals surface area contributed by atoms with E-state index in [1.165, 1.54) is 23.5 Å². The van der Waals surface area contributed by atoms with Crippen LogP contribution >= 0.6 is 11.3 Å². The van der Waals surface area contributed by atoms with Crippen LogP contribution in [0.25, 0.3) is 10.6 Å². The lowest BCUT2D eigenvalue weighted by Crippen LogP contribution is -2.31. The first-order chi connectivity index (χ1) is 13.5. The van der Waals surface area contributed by atoms with Crippen molar-refractivity contribution in [3.05, 3.63) is 71.0 Å². The summed E-state index contributed by atoms with van der Waals surface area (Å²) in [5.41, 5.74) is 2.06. The second-order valence-electron chi connectivity index (χ2n) is 6.60. The zero-order valence-corrected chi connectivity index (χ0v) is 15.7. The van der Waals surface area contributed by atoms with E-state index >= 15 is 0 Å². The summed E-state index contributed by atoms with van der Waals surface area (Å²) in [5.74, 6) is -2.05. The third-order valence-corrected chi connectivity index (χ3v) is 5.88. The van der Waals surface area contributed by atoms with Gasteiger partial charge in [0.2, 0.25) is 5.91 Å². The number of carboxylic acids is 1. The van der Waals surface area contributed by atoms with Crippen LogP contribution in [0.2, 0.25) is 0 Å². The molecule has 5 nitrogen and oxygen atoms in total. The van der Waals surface area contributed by atoms with Gasteiger partial charge in [-0.15, -0.1) is 11.3 Å². The van der Waals surface area contributed by atoms with E-state index in [4.69, 9.17) is 0 Å². The Labute approximate surface area is 165 Å². The van der Waals surface area contributed by atoms with Gasteiger partial charge in [-0.3, -0.25) is 9.59 Å². The van der Waals surface area contributed by atoms with Gasteiger partial charge < -0.3 is 10.0 Å². The normalized spacial score (nSPS) is 15.5. The SMILES string of the molecule is O=C(O)C1CN(C(=O)CCc2cnc(-c3cccc(F)c3)s2)c2ccccc21. The van der Waals surface area contributed by atoms with E-state index in [0.717, 1.165) is 4.88 Å². The summed E-state index contributed by atoms with van der Waals surface area (Å²) in [4.78, 5) is 31.0. The number of benzene rings is 2. The molecule has 7 heteroatoms. The minimum Gasteiger partial charge on any atom is -0.481 e. The fraction of sp³-hybridized carbons (Fsp3) is 0.190. The Morgan fingerprint density at radius 2 is 2.04 bits per heavy atom. The molecule has 0 saturated carbocycles. The van der Waals surface area contributed by atoms with Gasteiger partial charge in [-0.2, -0.15) is 0 Å². The minimum atomic E-state index is -0.926. The van der Waals surface area contributed by atoms with E-state index < -0.39 is 11.9 Å². The average Bonchev–Trinajstić information content (AvgIpc) is 3.31. The van der Waals surface area contributed by atoms with Crippen LogP contribution in [0.3, 0.4) is 0 Å². The predicted octanol–water partition coefficient (Wildman–Crippen LogP) is 4.10. The molecule has 1 aliphatic heterocycles. The molecular weight excluding hydrogens is 379 g/mol. The number of rotatable bonds is 5. The highest BCUT2D eigenvalue weighted by molar-refractivity contribution is 7.15. The second-order valence-corrected chi connectivity index (χ2v) is 7.71. The number of aliphatic carboxylic acids is 1. The molecule has 1 amide bonds. The van der Waals surface area contributed by atoms with Crippen LogP contribution in [-0.4, -0.2) is 28.5 Å². The first kappa shape index (κ1) is 18.3. The maximum atomic E-state index is 13.4. The number of hydrogen-bond acceptors (Lipinski definition) is 4. The summed E-state index contributed by atoms with van der Waals surface area (Å²) in [5, 5.41) is 10.1. The largest absolute Gasteiger partial charge is 0.481 e. The van der Waals surface area contributed by atoms with Crippen LogP contribution in [-0.2, 0) is 16.0 Å². The number of halogens is 1. The molecule has 142 valence electrons. The maximum absolute atomic E-state index is 13.4. The number of carboxylic acid groups (broad SMARTS) is 1. The molecule has 2 aromatic carbocycles. The van der Waals surface area contributed by atoms with E-state index in [1.807, 2.05) is 0 Å². The predicted molar refractivity (Wildman–Crippen MR) is 105 cm³/mol. The van der Waals surface area contributed by atoms with Crippen molar-refractivity contribution in [2.45, 2.75) is 18.8 Å². The fourth-order valence-electron chi connectivity index (χ4n) is 3.40. The zero-order chi connectivity index (χ0) is 19.7. The van der Waals surface area contributed by atoms with E-state index in [1.54, 1.807) is 47.5 Å². The highest BCUT2D eigenvalue weighted by atomic mass is 32.1. The van der Waals surface area contributed by atoms with Gasteiger partial charge in [-0.1, -0.05) is 30.3 Å². The van der Waals surface area contributed by atoms with E-state index in [2.05, 4.69) is 4.98 Å². The van der Waals surface area contributed by atoms with Crippen molar-refractivity contribution in [2.75, 3.05) is 11.4 Å². The summed E-state index contributed by atoms with van der Waals surface area (Å²) in [6.45, 7) is 0.157. The lowest BCUT2D eigenvalue weighted by molar-refractivity contribution is -0.138. The number of nitrogens with zero attached hydrogens (tertiary/aromatic N) is 2. The smallest absolute Gasteiger partial charge is 0.312 e. The van der Waals surface area contributed by atoms with Crippen LogP contribution in [0.5, 0.6) is 0 Å². The van der Waals surface area contributed by atoms with Gasteiger partial charge in [0.1, 0.15) is 16.7 Å². The Bertz CT molecular complexity index is 1050. The summed E-state index contributed by atoms with van der Waals surface area (Å²) in [6.07, 6.45) is 2.46. The van der Waals surface area contributed by atoms with Crippen molar-refractivity contribution < 1.29 is 19.1 Å². The zero-order valence-electron chi connectivity index (χ0n) is 14.8. The number of aryl methyl sites for hydroxylation is 1. The number of aromatic nitrogens is 1. The quantitative estimate of drug-likeness (QED) is 0.705. The lowest BCUT2D eigenvalue weighted by atomic mass is 10.0. The van der Waals surface area contributed by atoms with E-state index in [-0.39, 0.29) is 24.7 Å². The average molecular weight is 396 g/mol. The lowest BCUT2D eigenvalue weighted by Gasteiger charge is -2.17. The number of thiazole rings is 1. The number of amides is 1. The van der Waals surface area contributed by atoms with Crippen molar-refractivity contribution in [1.82, 2.24) is 4.98 Å². The highest BCUT2D eigenvalue weighted by Crippen LogP contribution is 2.36. The van der Waals surface area contributed by atoms with Crippen LogP contribution in [0, 0.1) is 5.82 Å². The fourth-order valence-corrected chi connectivity index (χ4v) is 4.31. The van der Waals surface area contributed by atoms with Gasteiger partial charge in [0.05, 0.1) is 0 Å². The van der Waals surface area contributed by atoms with Crippen LogP contribution in [0.15, 0.2) is 54.7 Å². The molecular formula is C21H17FN2O3S. The van der Waals surface area contributed by atoms with Crippen molar-refractivity contribution in [3.8, 4) is 10.6 Å². The first-order valence-electron chi connectivity index (χ1n) is 8.85. The van der Waals surface area contributed by atoms with Gasteiger partial charge >= 0.3 is 5.97 Å². The molecule has 1 N–H and O–H groups in total. The molecule has 4 rings (SSSR count). The van der Waals surface area contributed by atoms with Crippen molar-refractivity contribution in [2.24, 2.45) is 0 Å². The van der Waals surface area contributed by atoms with Crippen molar-refractivity contribution >= 4 is 28.9 Å². The second kappa shape index (κ2) is 7.52. The number of fused-ring (bicyclic) bond motifs is 1. The molecule has 0 radical (unpaired) electrons. The molecule has 0 spiro atoms. The third kappa shape index (κ3) is 3.53. The molecule has 0 aliphatic carbocycles. The molecule has 2 heterocycles. The standard InChI is InChI=1S/C21H17FN2O3S/c22-14-5-3-4-13(10-14)20-23-11-15(28-20)8-9-19(25)24-12-17(21(26)27)16-6-1-2-7-18(16)24/h1-7,10-11,17H,8-9,12H2,(H,26,27). The maximum Gasteiger partial charge on any atom is 0.312 e. The summed E-state index contributed by atoms with van der Waals surface area (Å²) in [6, 6.07) is 13.4. The van der Waals surface area contributed by atoms with Crippen molar-refractivity contribution in [1.29, 1.82) is 0 Å². The summed E-state index contributed by atoms with van der Waals surface area (Å²) < 4.78 is 13.4. The van der Waals surface area contributed by atoms with Crippen molar-refractivity contribution in [3.63, 3.8) is 0 Å². The Balaban J connectivity index is 1.45. The number of carbonyl (C=O) groups is 2. The van der Waals surface area contributed by atoms with E-state index in [0.29, 0.717) is 28.2 Å². The summed E-state index contributed by atoms with van der Waals surface area (Å²) in [7, 11) is 0. The molecule has 0 fully saturated rings. The van der Waals surface area contributed by atoms with Gasteiger partial charge in [0.15, 0.2) is 0 Å². The molecule has 1 atom stereocenters. The Morgan fingerprint density at radius 3 is 2.82 bits per heavy atom. The number of anilines is 1. The highest BCUT2D eigenvalue weighted by Gasteiger charge is 2.35. The monoisotopic (exact) mass is 396 g/mol. The third-order valence-electron chi connectivity index (χ3n) is 4.78. The molecule has 0 bridgehead atoms. The van der Waals surface area contributed by atoms with Gasteiger partial charge in [-0.25, -0.2) is 9.37 Å². The number of hydrogen-bond donors (Lipinski definition) is 1. The van der Waals surface area contributed by atoms with Crippen LogP contribution in [0.1, 0.15) is 22.8 Å². The Kier molecular flexibility index (Phi) is 4.92. The molecule has 0 saturated heterocycles. The molecule has 28 heavy (non-hydrogen) atoms. The first-order valence-corrected chi connectivity index (χ1v) is 9.67. The van der Waals surface area contributed by atoms with E-state index in [9.17, 15) is 19.1 Å². The number of para-hydroxylation sites is 1. The number of carbonyl (C=O) groups excluding carboxylic acids is 1. The Morgan fingerprint density at radius 1 is 1.21 bits per heavy atom. The van der Waals surface area contributed by atoms with Crippen LogP contribution in [0.4, 0.5) is 10.1 Å². The minimum absolute atomic E-state index is 0.114. The molecule has 1 unspecified atom stereocenters. The molecule has 1 aromatic heterocycles. The summed E-state index contributed by atoms with van der Waals surface area (Å²) >= 11 is 1.43. The van der Waals surface area contributed by atoms with Gasteiger partial charge in [0.25, 0.3) is 0 Å². The Hall–Kier alpha value is -3.06. The van der Waals surface area contributed by atoms with Crippen LogP contribution < -0.4 is 4.90 Å². The van der Waals surface area contributed by atoms with Gasteiger partial charge in [0, 0.05) is 35.3 Å². The molecule has 1 aliphatic rings. The topological polar surface area (TPSA) is 70.5 Å².